The van der Waals surface area contributed by atoms with Gasteiger partial charge < -0.3 is 10.1 Å². The van der Waals surface area contributed by atoms with Gasteiger partial charge in [-0.2, -0.15) is 0 Å². The van der Waals surface area contributed by atoms with Crippen LogP contribution in [0, 0.1) is 5.92 Å². The minimum Gasteiger partial charge on any atom is -0.452 e. The number of aromatic nitrogens is 1. The molecular formula is C21H24N2O3. The van der Waals surface area contributed by atoms with Gasteiger partial charge in [0.2, 0.25) is 0 Å². The van der Waals surface area contributed by atoms with Crippen molar-refractivity contribution in [2.75, 3.05) is 6.61 Å². The molecule has 1 fully saturated rings. The van der Waals surface area contributed by atoms with Crippen LogP contribution in [0.15, 0.2) is 42.5 Å². The molecule has 1 aromatic carbocycles. The summed E-state index contributed by atoms with van der Waals surface area (Å²) in [7, 11) is 0. The predicted octanol–water partition coefficient (Wildman–Crippen LogP) is 3.49. The van der Waals surface area contributed by atoms with E-state index < -0.39 is 5.97 Å². The molecule has 0 bridgehead atoms. The lowest BCUT2D eigenvalue weighted by Gasteiger charge is -2.29. The van der Waals surface area contributed by atoms with Crippen LogP contribution in [0.1, 0.15) is 38.3 Å². The fraction of sp³-hybridized carbons (Fsp3) is 0.381. The van der Waals surface area contributed by atoms with Crippen LogP contribution in [-0.2, 0) is 14.3 Å². The quantitative estimate of drug-likeness (QED) is 0.661. The summed E-state index contributed by atoms with van der Waals surface area (Å²) in [4.78, 5) is 28.2. The molecule has 2 atom stereocenters. The Labute approximate surface area is 153 Å². The molecule has 1 aliphatic rings. The largest absolute Gasteiger partial charge is 0.452 e. The molecule has 2 unspecified atom stereocenters. The van der Waals surface area contributed by atoms with E-state index in [1.165, 1.54) is 12.5 Å². The third kappa shape index (κ3) is 4.91. The highest BCUT2D eigenvalue weighted by molar-refractivity contribution is 5.89. The van der Waals surface area contributed by atoms with Crippen LogP contribution in [0.3, 0.4) is 0 Å². The summed E-state index contributed by atoms with van der Waals surface area (Å²) >= 11 is 0. The van der Waals surface area contributed by atoms with Crippen LogP contribution in [0.5, 0.6) is 0 Å². The Balaban J connectivity index is 1.48. The number of ether oxygens (including phenoxy) is 1. The van der Waals surface area contributed by atoms with E-state index in [2.05, 4.69) is 17.2 Å². The Morgan fingerprint density at radius 3 is 2.85 bits per heavy atom. The summed E-state index contributed by atoms with van der Waals surface area (Å²) in [5.74, 6) is -0.316. The average Bonchev–Trinajstić information content (AvgIpc) is 2.66. The SMILES string of the molecule is CC1CCCCC1NC(=O)COC(=O)/C=C/c1ccc2ccccc2n1. The van der Waals surface area contributed by atoms with Crippen molar-refractivity contribution in [2.45, 2.75) is 38.6 Å². The van der Waals surface area contributed by atoms with Gasteiger partial charge in [-0.3, -0.25) is 4.79 Å². The first-order valence-electron chi connectivity index (χ1n) is 9.12. The topological polar surface area (TPSA) is 68.3 Å². The third-order valence-electron chi connectivity index (χ3n) is 4.81. The first kappa shape index (κ1) is 18.1. The van der Waals surface area contributed by atoms with E-state index in [1.807, 2.05) is 36.4 Å². The number of pyridine rings is 1. The molecule has 1 aliphatic carbocycles. The number of para-hydroxylation sites is 1. The number of fused-ring (bicyclic) bond motifs is 1. The van der Waals surface area contributed by atoms with Crippen molar-refractivity contribution in [2.24, 2.45) is 5.92 Å². The summed E-state index contributed by atoms with van der Waals surface area (Å²) in [6, 6.07) is 11.7. The minimum absolute atomic E-state index is 0.187. The second kappa shape index (κ2) is 8.61. The molecule has 1 amide bonds. The molecule has 5 nitrogen and oxygen atoms in total. The fourth-order valence-corrected chi connectivity index (χ4v) is 3.29. The second-order valence-electron chi connectivity index (χ2n) is 6.81. The van der Waals surface area contributed by atoms with Crippen LogP contribution < -0.4 is 5.32 Å². The summed E-state index contributed by atoms with van der Waals surface area (Å²) in [6.45, 7) is 1.90. The number of benzene rings is 1. The lowest BCUT2D eigenvalue weighted by Crippen LogP contribution is -2.42. The first-order valence-corrected chi connectivity index (χ1v) is 9.12. The average molecular weight is 352 g/mol. The Hall–Kier alpha value is -2.69. The van der Waals surface area contributed by atoms with Gasteiger partial charge >= 0.3 is 5.97 Å². The molecule has 1 saturated carbocycles. The van der Waals surface area contributed by atoms with Crippen LogP contribution in [0.25, 0.3) is 17.0 Å². The normalized spacial score (nSPS) is 20.2. The number of carbonyl (C=O) groups excluding carboxylic acids is 2. The van der Waals surface area contributed by atoms with E-state index in [9.17, 15) is 9.59 Å². The van der Waals surface area contributed by atoms with Gasteiger partial charge in [-0.25, -0.2) is 9.78 Å². The third-order valence-corrected chi connectivity index (χ3v) is 4.81. The lowest BCUT2D eigenvalue weighted by atomic mass is 9.86. The van der Waals surface area contributed by atoms with E-state index in [4.69, 9.17) is 4.74 Å². The molecule has 136 valence electrons. The number of esters is 1. The van der Waals surface area contributed by atoms with Crippen LogP contribution >= 0.6 is 0 Å². The summed E-state index contributed by atoms with van der Waals surface area (Å²) in [5, 5.41) is 4.01. The van der Waals surface area contributed by atoms with Gasteiger partial charge in [0.1, 0.15) is 0 Å². The van der Waals surface area contributed by atoms with Crippen LogP contribution in [0.2, 0.25) is 0 Å². The second-order valence-corrected chi connectivity index (χ2v) is 6.81. The molecular weight excluding hydrogens is 328 g/mol. The van der Waals surface area contributed by atoms with Crippen LogP contribution in [0.4, 0.5) is 0 Å². The van der Waals surface area contributed by atoms with E-state index in [0.717, 1.165) is 30.2 Å². The highest BCUT2D eigenvalue weighted by Gasteiger charge is 2.22. The number of amides is 1. The number of nitrogens with one attached hydrogen (secondary N) is 1. The highest BCUT2D eigenvalue weighted by atomic mass is 16.5. The van der Waals surface area contributed by atoms with Gasteiger partial charge in [0.15, 0.2) is 6.61 Å². The number of nitrogens with zero attached hydrogens (tertiary/aromatic N) is 1. The van der Waals surface area contributed by atoms with Crippen molar-refractivity contribution in [1.82, 2.24) is 10.3 Å². The maximum absolute atomic E-state index is 12.0. The van der Waals surface area contributed by atoms with E-state index in [1.54, 1.807) is 6.08 Å². The lowest BCUT2D eigenvalue weighted by molar-refractivity contribution is -0.144. The number of carbonyl (C=O) groups is 2. The molecule has 0 spiro atoms. The summed E-state index contributed by atoms with van der Waals surface area (Å²) in [6.07, 6.45) is 7.37. The number of hydrogen-bond acceptors (Lipinski definition) is 4. The van der Waals surface area contributed by atoms with Crippen molar-refractivity contribution in [3.05, 3.63) is 48.2 Å². The molecule has 3 rings (SSSR count). The zero-order valence-corrected chi connectivity index (χ0v) is 15.0. The van der Waals surface area contributed by atoms with E-state index >= 15 is 0 Å². The first-order chi connectivity index (χ1) is 12.6. The van der Waals surface area contributed by atoms with Crippen molar-refractivity contribution in [3.63, 3.8) is 0 Å². The molecule has 0 saturated heterocycles. The van der Waals surface area contributed by atoms with Gasteiger partial charge in [0, 0.05) is 17.5 Å². The molecule has 0 radical (unpaired) electrons. The summed E-state index contributed by atoms with van der Waals surface area (Å²) in [5.41, 5.74) is 1.53. The zero-order chi connectivity index (χ0) is 18.4. The maximum Gasteiger partial charge on any atom is 0.331 e. The molecule has 1 heterocycles. The summed E-state index contributed by atoms with van der Waals surface area (Å²) < 4.78 is 5.02. The fourth-order valence-electron chi connectivity index (χ4n) is 3.29. The van der Waals surface area contributed by atoms with Gasteiger partial charge in [-0.1, -0.05) is 44.0 Å². The molecule has 2 aromatic rings. The van der Waals surface area contributed by atoms with Gasteiger partial charge in [-0.15, -0.1) is 0 Å². The molecule has 0 aliphatic heterocycles. The molecule has 26 heavy (non-hydrogen) atoms. The monoisotopic (exact) mass is 352 g/mol. The standard InChI is InChI=1S/C21H24N2O3/c1-15-6-2-4-8-18(15)23-20(24)14-26-21(25)13-12-17-11-10-16-7-3-5-9-19(16)22-17/h3,5,7,9-13,15,18H,2,4,6,8,14H2,1H3,(H,23,24)/b13-12+. The minimum atomic E-state index is -0.549. The molecule has 1 aromatic heterocycles. The Morgan fingerprint density at radius 2 is 2.00 bits per heavy atom. The van der Waals surface area contributed by atoms with Gasteiger partial charge in [0.05, 0.1) is 11.2 Å². The van der Waals surface area contributed by atoms with Crippen molar-refractivity contribution in [3.8, 4) is 0 Å². The Bertz CT molecular complexity index is 816. The Morgan fingerprint density at radius 1 is 1.19 bits per heavy atom. The van der Waals surface area contributed by atoms with Crippen molar-refractivity contribution < 1.29 is 14.3 Å². The van der Waals surface area contributed by atoms with Crippen LogP contribution in [-0.4, -0.2) is 29.5 Å². The van der Waals surface area contributed by atoms with Gasteiger partial charge in [0.25, 0.3) is 5.91 Å². The van der Waals surface area contributed by atoms with Crippen molar-refractivity contribution >= 4 is 28.9 Å². The van der Waals surface area contributed by atoms with E-state index in [-0.39, 0.29) is 18.6 Å². The highest BCUT2D eigenvalue weighted by Crippen LogP contribution is 2.23. The predicted molar refractivity (Wildman–Crippen MR) is 101 cm³/mol. The van der Waals surface area contributed by atoms with Gasteiger partial charge in [-0.05, 0) is 37.0 Å². The maximum atomic E-state index is 12.0. The molecule has 5 heteroatoms. The number of rotatable bonds is 5. The van der Waals surface area contributed by atoms with E-state index in [0.29, 0.717) is 11.6 Å². The smallest absolute Gasteiger partial charge is 0.331 e. The molecule has 1 N–H and O–H groups in total. The zero-order valence-electron chi connectivity index (χ0n) is 15.0. The Kier molecular flexibility index (Phi) is 6.00. The number of hydrogen-bond donors (Lipinski definition) is 1. The van der Waals surface area contributed by atoms with Crippen molar-refractivity contribution in [1.29, 1.82) is 0 Å².